The van der Waals surface area contributed by atoms with Gasteiger partial charge in [-0.1, -0.05) is 0 Å². The molecule has 0 saturated heterocycles. The van der Waals surface area contributed by atoms with Gasteiger partial charge in [-0.25, -0.2) is 9.78 Å². The number of carbonyl (C=O) groups is 1. The second-order valence-electron chi connectivity index (χ2n) is 4.15. The van der Waals surface area contributed by atoms with E-state index in [2.05, 4.69) is 10.3 Å². The number of anilines is 1. The number of nitrogens with zero attached hydrogens (tertiary/aromatic N) is 2. The zero-order chi connectivity index (χ0) is 13.7. The predicted octanol–water partition coefficient (Wildman–Crippen LogP) is 2.21. The van der Waals surface area contributed by atoms with E-state index in [0.717, 1.165) is 11.4 Å². The summed E-state index contributed by atoms with van der Waals surface area (Å²) in [5.74, 6) is -0.291. The molecule has 1 heterocycles. The number of rotatable bonds is 5. The van der Waals surface area contributed by atoms with Gasteiger partial charge >= 0.3 is 5.97 Å². The molecular weight excluding hydrogens is 242 g/mol. The van der Waals surface area contributed by atoms with Gasteiger partial charge in [0.25, 0.3) is 0 Å². The average molecular weight is 259 g/mol. The maximum Gasteiger partial charge on any atom is 0.338 e. The van der Waals surface area contributed by atoms with E-state index < -0.39 is 0 Å². The van der Waals surface area contributed by atoms with Gasteiger partial charge < -0.3 is 14.6 Å². The summed E-state index contributed by atoms with van der Waals surface area (Å²) in [7, 11) is 1.95. The second-order valence-corrected chi connectivity index (χ2v) is 4.15. The van der Waals surface area contributed by atoms with Crippen LogP contribution in [0, 0.1) is 0 Å². The van der Waals surface area contributed by atoms with E-state index in [0.29, 0.717) is 18.7 Å². The van der Waals surface area contributed by atoms with Crippen LogP contribution in [0.4, 0.5) is 5.69 Å². The molecule has 2 rings (SSSR count). The van der Waals surface area contributed by atoms with Crippen molar-refractivity contribution >= 4 is 11.7 Å². The molecule has 0 aliphatic rings. The Kier molecular flexibility index (Phi) is 4.18. The fourth-order valence-corrected chi connectivity index (χ4v) is 1.69. The summed E-state index contributed by atoms with van der Waals surface area (Å²) in [6.07, 6.45) is 3.58. The molecule has 100 valence electrons. The molecule has 0 amide bonds. The van der Waals surface area contributed by atoms with Crippen molar-refractivity contribution in [3.63, 3.8) is 0 Å². The SMILES string of the molecule is CCOC(=O)c1ccc(NCc2cncn2C)cc1. The summed E-state index contributed by atoms with van der Waals surface area (Å²) in [6, 6.07) is 7.23. The number of carbonyl (C=O) groups excluding carboxylic acids is 1. The molecule has 0 fully saturated rings. The molecule has 0 aliphatic heterocycles. The molecule has 0 atom stereocenters. The first kappa shape index (κ1) is 13.1. The summed E-state index contributed by atoms with van der Waals surface area (Å²) in [6.45, 7) is 2.87. The Morgan fingerprint density at radius 3 is 2.68 bits per heavy atom. The minimum Gasteiger partial charge on any atom is -0.462 e. The number of aryl methyl sites for hydroxylation is 1. The highest BCUT2D eigenvalue weighted by Gasteiger charge is 2.05. The fraction of sp³-hybridized carbons (Fsp3) is 0.286. The Labute approximate surface area is 112 Å². The quantitative estimate of drug-likeness (QED) is 0.836. The van der Waals surface area contributed by atoms with Crippen molar-refractivity contribution in [3.8, 4) is 0 Å². The van der Waals surface area contributed by atoms with E-state index in [1.54, 1.807) is 25.4 Å². The third-order valence-electron chi connectivity index (χ3n) is 2.79. The van der Waals surface area contributed by atoms with Crippen LogP contribution in [0.3, 0.4) is 0 Å². The van der Waals surface area contributed by atoms with Gasteiger partial charge in [-0.2, -0.15) is 0 Å². The molecule has 5 nitrogen and oxygen atoms in total. The number of benzene rings is 1. The van der Waals surface area contributed by atoms with Crippen LogP contribution in [-0.4, -0.2) is 22.1 Å². The van der Waals surface area contributed by atoms with Gasteiger partial charge in [-0.3, -0.25) is 0 Å². The molecule has 1 aromatic heterocycles. The lowest BCUT2D eigenvalue weighted by molar-refractivity contribution is 0.0526. The van der Waals surface area contributed by atoms with Crippen LogP contribution in [0.25, 0.3) is 0 Å². The van der Waals surface area contributed by atoms with E-state index in [1.165, 1.54) is 0 Å². The Morgan fingerprint density at radius 2 is 2.11 bits per heavy atom. The Hall–Kier alpha value is -2.30. The number of hydrogen-bond acceptors (Lipinski definition) is 4. The minimum absolute atomic E-state index is 0.291. The van der Waals surface area contributed by atoms with E-state index >= 15 is 0 Å². The maximum atomic E-state index is 11.5. The van der Waals surface area contributed by atoms with Crippen molar-refractivity contribution < 1.29 is 9.53 Å². The largest absolute Gasteiger partial charge is 0.462 e. The number of aromatic nitrogens is 2. The van der Waals surface area contributed by atoms with Crippen LogP contribution in [0.15, 0.2) is 36.8 Å². The van der Waals surface area contributed by atoms with Gasteiger partial charge in [-0.05, 0) is 31.2 Å². The highest BCUT2D eigenvalue weighted by atomic mass is 16.5. The summed E-state index contributed by atoms with van der Waals surface area (Å²) in [5, 5.41) is 3.27. The zero-order valence-corrected chi connectivity index (χ0v) is 11.1. The molecule has 0 bridgehead atoms. The van der Waals surface area contributed by atoms with Gasteiger partial charge in [0, 0.05) is 18.9 Å². The van der Waals surface area contributed by atoms with Crippen LogP contribution in [0.1, 0.15) is 23.0 Å². The van der Waals surface area contributed by atoms with Gasteiger partial charge in [0.15, 0.2) is 0 Å². The van der Waals surface area contributed by atoms with Crippen molar-refractivity contribution in [2.24, 2.45) is 7.05 Å². The van der Waals surface area contributed by atoms with Crippen molar-refractivity contribution in [2.45, 2.75) is 13.5 Å². The first-order valence-electron chi connectivity index (χ1n) is 6.17. The van der Waals surface area contributed by atoms with Gasteiger partial charge in [0.05, 0.1) is 30.7 Å². The number of ether oxygens (including phenoxy) is 1. The van der Waals surface area contributed by atoms with Crippen molar-refractivity contribution in [3.05, 3.63) is 48.0 Å². The monoisotopic (exact) mass is 259 g/mol. The normalized spacial score (nSPS) is 10.2. The minimum atomic E-state index is -0.291. The van der Waals surface area contributed by atoms with Gasteiger partial charge in [-0.15, -0.1) is 0 Å². The molecule has 1 aromatic carbocycles. The molecule has 19 heavy (non-hydrogen) atoms. The van der Waals surface area contributed by atoms with Crippen LogP contribution < -0.4 is 5.32 Å². The van der Waals surface area contributed by atoms with E-state index in [4.69, 9.17) is 4.74 Å². The molecule has 5 heteroatoms. The lowest BCUT2D eigenvalue weighted by Crippen LogP contribution is -2.06. The number of hydrogen-bond donors (Lipinski definition) is 1. The first-order chi connectivity index (χ1) is 9.20. The van der Waals surface area contributed by atoms with Crippen molar-refractivity contribution in [1.29, 1.82) is 0 Å². The topological polar surface area (TPSA) is 56.1 Å². The average Bonchev–Trinajstić information content (AvgIpc) is 2.83. The molecule has 0 unspecified atom stereocenters. The Bertz CT molecular complexity index is 546. The standard InChI is InChI=1S/C14H17N3O2/c1-3-19-14(18)11-4-6-12(7-5-11)16-9-13-8-15-10-17(13)2/h4-8,10,16H,3,9H2,1-2H3. The van der Waals surface area contributed by atoms with E-state index in [9.17, 15) is 4.79 Å². The summed E-state index contributed by atoms with van der Waals surface area (Å²) < 4.78 is 6.89. The molecule has 2 aromatic rings. The van der Waals surface area contributed by atoms with Crippen LogP contribution in [0.5, 0.6) is 0 Å². The molecule has 0 saturated carbocycles. The predicted molar refractivity (Wildman–Crippen MR) is 72.9 cm³/mol. The van der Waals surface area contributed by atoms with Gasteiger partial charge in [0.1, 0.15) is 0 Å². The van der Waals surface area contributed by atoms with E-state index in [1.807, 2.05) is 29.9 Å². The lowest BCUT2D eigenvalue weighted by Gasteiger charge is -2.07. The summed E-state index contributed by atoms with van der Waals surface area (Å²) >= 11 is 0. The van der Waals surface area contributed by atoms with Crippen molar-refractivity contribution in [1.82, 2.24) is 9.55 Å². The third-order valence-corrected chi connectivity index (χ3v) is 2.79. The van der Waals surface area contributed by atoms with Gasteiger partial charge in [0.2, 0.25) is 0 Å². The summed E-state index contributed by atoms with van der Waals surface area (Å²) in [5.41, 5.74) is 2.61. The van der Waals surface area contributed by atoms with Crippen LogP contribution in [0.2, 0.25) is 0 Å². The first-order valence-corrected chi connectivity index (χ1v) is 6.17. The molecule has 1 N–H and O–H groups in total. The Morgan fingerprint density at radius 1 is 1.37 bits per heavy atom. The highest BCUT2D eigenvalue weighted by molar-refractivity contribution is 5.89. The smallest absolute Gasteiger partial charge is 0.338 e. The lowest BCUT2D eigenvalue weighted by atomic mass is 10.2. The second kappa shape index (κ2) is 6.04. The number of esters is 1. The maximum absolute atomic E-state index is 11.5. The Balaban J connectivity index is 1.95. The molecular formula is C14H17N3O2. The fourth-order valence-electron chi connectivity index (χ4n) is 1.69. The van der Waals surface area contributed by atoms with Crippen LogP contribution in [-0.2, 0) is 18.3 Å². The van der Waals surface area contributed by atoms with Crippen molar-refractivity contribution in [2.75, 3.05) is 11.9 Å². The highest BCUT2D eigenvalue weighted by Crippen LogP contribution is 2.12. The van der Waals surface area contributed by atoms with Crippen LogP contribution >= 0.6 is 0 Å². The molecule has 0 radical (unpaired) electrons. The zero-order valence-electron chi connectivity index (χ0n) is 11.1. The number of imidazole rings is 1. The molecule has 0 aliphatic carbocycles. The van der Waals surface area contributed by atoms with E-state index in [-0.39, 0.29) is 5.97 Å². The third kappa shape index (κ3) is 3.34. The number of nitrogens with one attached hydrogen (secondary N) is 1. The molecule has 0 spiro atoms. The summed E-state index contributed by atoms with van der Waals surface area (Å²) in [4.78, 5) is 15.5.